The summed E-state index contributed by atoms with van der Waals surface area (Å²) in [5.74, 6) is 1.93. The summed E-state index contributed by atoms with van der Waals surface area (Å²) in [5.41, 5.74) is 7.06. The molecule has 22 heavy (non-hydrogen) atoms. The maximum Gasteiger partial charge on any atom is 0.191 e. The number of aliphatic imine (C=N–C) groups is 1. The van der Waals surface area contributed by atoms with Crippen molar-refractivity contribution in [1.82, 2.24) is 4.90 Å². The van der Waals surface area contributed by atoms with Gasteiger partial charge in [0.05, 0.1) is 13.2 Å². The molecule has 1 unspecified atom stereocenters. The summed E-state index contributed by atoms with van der Waals surface area (Å²) in [6, 6.07) is 5.29. The van der Waals surface area contributed by atoms with Crippen LogP contribution in [-0.4, -0.2) is 35.7 Å². The first-order valence-corrected chi connectivity index (χ1v) is 7.59. The fraction of sp³-hybridized carbons (Fsp3) is 0.562. The second kappa shape index (κ2) is 9.07. The van der Waals surface area contributed by atoms with Crippen molar-refractivity contribution >= 4 is 29.9 Å². The van der Waals surface area contributed by atoms with Gasteiger partial charge >= 0.3 is 0 Å². The van der Waals surface area contributed by atoms with Gasteiger partial charge in [0.1, 0.15) is 0 Å². The molecular formula is C16H26IN3O2. The Bertz CT molecular complexity index is 508. The van der Waals surface area contributed by atoms with Crippen molar-refractivity contribution in [2.45, 2.75) is 33.2 Å². The molecule has 1 aliphatic heterocycles. The van der Waals surface area contributed by atoms with Crippen LogP contribution in [0.1, 0.15) is 32.3 Å². The fourth-order valence-corrected chi connectivity index (χ4v) is 2.60. The maximum absolute atomic E-state index is 9.68. The predicted octanol–water partition coefficient (Wildman–Crippen LogP) is 2.96. The van der Waals surface area contributed by atoms with Crippen molar-refractivity contribution in [2.24, 2.45) is 16.6 Å². The number of hydrogen-bond acceptors (Lipinski definition) is 3. The van der Waals surface area contributed by atoms with Crippen LogP contribution in [0.2, 0.25) is 0 Å². The monoisotopic (exact) mass is 419 g/mol. The largest absolute Gasteiger partial charge is 0.504 e. The molecule has 3 N–H and O–H groups in total. The number of guanidine groups is 1. The Kier molecular flexibility index (Phi) is 7.78. The lowest BCUT2D eigenvalue weighted by Gasteiger charge is -2.31. The number of piperidine rings is 1. The van der Waals surface area contributed by atoms with Crippen molar-refractivity contribution in [3.63, 3.8) is 0 Å². The van der Waals surface area contributed by atoms with Gasteiger partial charge in [0, 0.05) is 13.1 Å². The van der Waals surface area contributed by atoms with Crippen LogP contribution >= 0.6 is 24.0 Å². The van der Waals surface area contributed by atoms with E-state index in [1.165, 1.54) is 12.8 Å². The van der Waals surface area contributed by atoms with Gasteiger partial charge in [0.15, 0.2) is 17.5 Å². The highest BCUT2D eigenvalue weighted by molar-refractivity contribution is 14.0. The summed E-state index contributed by atoms with van der Waals surface area (Å²) in [4.78, 5) is 6.62. The molecule has 0 radical (unpaired) electrons. The number of nitrogens with zero attached hydrogens (tertiary/aromatic N) is 2. The minimum Gasteiger partial charge on any atom is -0.504 e. The molecule has 1 atom stereocenters. The molecule has 0 saturated carbocycles. The number of nitrogens with two attached hydrogens (primary N) is 1. The van der Waals surface area contributed by atoms with Crippen molar-refractivity contribution < 1.29 is 9.84 Å². The van der Waals surface area contributed by atoms with Gasteiger partial charge in [-0.1, -0.05) is 13.0 Å². The highest BCUT2D eigenvalue weighted by Gasteiger charge is 2.17. The molecule has 1 heterocycles. The first-order valence-electron chi connectivity index (χ1n) is 7.59. The van der Waals surface area contributed by atoms with Crippen LogP contribution in [0, 0.1) is 5.92 Å². The maximum atomic E-state index is 9.68. The van der Waals surface area contributed by atoms with Crippen molar-refractivity contribution in [3.8, 4) is 11.5 Å². The van der Waals surface area contributed by atoms with Crippen LogP contribution in [0.15, 0.2) is 23.2 Å². The molecular weight excluding hydrogens is 393 g/mol. The standard InChI is InChI=1S/C16H25N3O2.HI/c1-3-21-15-9-13(6-7-14(15)20)10-18-16(17)19-8-4-5-12(2)11-19;/h6-7,9,12,20H,3-5,8,10-11H2,1-2H3,(H2,17,18);1H. The highest BCUT2D eigenvalue weighted by atomic mass is 127. The van der Waals surface area contributed by atoms with E-state index in [1.54, 1.807) is 6.07 Å². The van der Waals surface area contributed by atoms with Crippen molar-refractivity contribution in [3.05, 3.63) is 23.8 Å². The zero-order chi connectivity index (χ0) is 15.2. The minimum atomic E-state index is 0. The third-order valence-corrected chi connectivity index (χ3v) is 3.73. The van der Waals surface area contributed by atoms with Crippen LogP contribution in [0.5, 0.6) is 11.5 Å². The number of phenolic OH excluding ortho intramolecular Hbond substituents is 1. The number of likely N-dealkylation sites (tertiary alicyclic amines) is 1. The number of ether oxygens (including phenoxy) is 1. The molecule has 6 heteroatoms. The first kappa shape index (κ1) is 18.9. The summed E-state index contributed by atoms with van der Waals surface area (Å²) in [7, 11) is 0. The molecule has 0 spiro atoms. The molecule has 0 aliphatic carbocycles. The Balaban J connectivity index is 0.00000242. The van der Waals surface area contributed by atoms with Gasteiger partial charge in [-0.25, -0.2) is 4.99 Å². The van der Waals surface area contributed by atoms with E-state index in [4.69, 9.17) is 10.5 Å². The molecule has 0 amide bonds. The number of halogens is 1. The highest BCUT2D eigenvalue weighted by Crippen LogP contribution is 2.27. The molecule has 1 aliphatic rings. The Hall–Kier alpha value is -1.18. The van der Waals surface area contributed by atoms with E-state index in [2.05, 4.69) is 16.8 Å². The second-order valence-electron chi connectivity index (χ2n) is 5.60. The SMILES string of the molecule is CCOc1cc(CN=C(N)N2CCCC(C)C2)ccc1O.I. The number of hydrogen-bond donors (Lipinski definition) is 2. The average molecular weight is 419 g/mol. The van der Waals surface area contributed by atoms with Gasteiger partial charge in [-0.15, -0.1) is 24.0 Å². The fourth-order valence-electron chi connectivity index (χ4n) is 2.60. The summed E-state index contributed by atoms with van der Waals surface area (Å²) >= 11 is 0. The van der Waals surface area contributed by atoms with Gasteiger partial charge in [0.2, 0.25) is 0 Å². The first-order chi connectivity index (χ1) is 10.1. The summed E-state index contributed by atoms with van der Waals surface area (Å²) in [6.07, 6.45) is 2.44. The lowest BCUT2D eigenvalue weighted by atomic mass is 10.0. The number of aromatic hydroxyl groups is 1. The zero-order valence-corrected chi connectivity index (χ0v) is 15.6. The lowest BCUT2D eigenvalue weighted by Crippen LogP contribution is -2.43. The zero-order valence-electron chi connectivity index (χ0n) is 13.3. The van der Waals surface area contributed by atoms with Crippen LogP contribution in [0.25, 0.3) is 0 Å². The Morgan fingerprint density at radius 3 is 2.95 bits per heavy atom. The van der Waals surface area contributed by atoms with E-state index < -0.39 is 0 Å². The van der Waals surface area contributed by atoms with Gasteiger partial charge in [-0.05, 0) is 43.4 Å². The second-order valence-corrected chi connectivity index (χ2v) is 5.60. The van der Waals surface area contributed by atoms with Crippen LogP contribution < -0.4 is 10.5 Å². The van der Waals surface area contributed by atoms with E-state index in [1.807, 2.05) is 19.1 Å². The molecule has 0 bridgehead atoms. The van der Waals surface area contributed by atoms with E-state index in [0.29, 0.717) is 30.8 Å². The summed E-state index contributed by atoms with van der Waals surface area (Å²) in [5, 5.41) is 9.68. The van der Waals surface area contributed by atoms with Gasteiger partial charge < -0.3 is 20.5 Å². The minimum absolute atomic E-state index is 0. The molecule has 1 aromatic carbocycles. The Morgan fingerprint density at radius 1 is 1.50 bits per heavy atom. The molecule has 124 valence electrons. The topological polar surface area (TPSA) is 71.1 Å². The van der Waals surface area contributed by atoms with Crippen LogP contribution in [-0.2, 0) is 6.54 Å². The summed E-state index contributed by atoms with van der Waals surface area (Å²) in [6.45, 7) is 7.12. The molecule has 2 rings (SSSR count). The van der Waals surface area contributed by atoms with Crippen molar-refractivity contribution in [2.75, 3.05) is 19.7 Å². The van der Waals surface area contributed by atoms with E-state index in [-0.39, 0.29) is 29.7 Å². The number of phenols is 1. The van der Waals surface area contributed by atoms with Gasteiger partial charge in [0.25, 0.3) is 0 Å². The molecule has 0 aromatic heterocycles. The number of rotatable bonds is 4. The predicted molar refractivity (Wildman–Crippen MR) is 100.0 cm³/mol. The van der Waals surface area contributed by atoms with E-state index in [9.17, 15) is 5.11 Å². The number of benzene rings is 1. The smallest absolute Gasteiger partial charge is 0.191 e. The normalized spacial score (nSPS) is 18.7. The third-order valence-electron chi connectivity index (χ3n) is 3.73. The third kappa shape index (κ3) is 5.23. The van der Waals surface area contributed by atoms with Gasteiger partial charge in [-0.3, -0.25) is 0 Å². The molecule has 1 fully saturated rings. The summed E-state index contributed by atoms with van der Waals surface area (Å²) < 4.78 is 5.37. The van der Waals surface area contributed by atoms with Gasteiger partial charge in [-0.2, -0.15) is 0 Å². The van der Waals surface area contributed by atoms with Crippen LogP contribution in [0.4, 0.5) is 0 Å². The molecule has 1 saturated heterocycles. The molecule has 5 nitrogen and oxygen atoms in total. The lowest BCUT2D eigenvalue weighted by molar-refractivity contribution is 0.270. The Morgan fingerprint density at radius 2 is 2.27 bits per heavy atom. The molecule has 1 aromatic rings. The van der Waals surface area contributed by atoms with E-state index in [0.717, 1.165) is 18.7 Å². The quantitative estimate of drug-likeness (QED) is 0.447. The van der Waals surface area contributed by atoms with E-state index >= 15 is 0 Å². The van der Waals surface area contributed by atoms with Crippen molar-refractivity contribution in [1.29, 1.82) is 0 Å². The Labute approximate surface area is 149 Å². The van der Waals surface area contributed by atoms with Crippen LogP contribution in [0.3, 0.4) is 0 Å². The average Bonchev–Trinajstić information content (AvgIpc) is 2.48.